The summed E-state index contributed by atoms with van der Waals surface area (Å²) >= 11 is 2.91. The summed E-state index contributed by atoms with van der Waals surface area (Å²) in [6.45, 7) is 0.193. The van der Waals surface area contributed by atoms with Gasteiger partial charge in [-0.1, -0.05) is 30.2 Å². The Morgan fingerprint density at radius 1 is 1.18 bits per heavy atom. The van der Waals surface area contributed by atoms with E-state index in [9.17, 15) is 14.7 Å². The molecule has 5 N–H and O–H groups in total. The lowest BCUT2D eigenvalue weighted by Gasteiger charge is -2.16. The Bertz CT molecular complexity index is 1640. The summed E-state index contributed by atoms with van der Waals surface area (Å²) in [5.74, 6) is -0.0705. The molecular formula is C27H26N6O3S2. The first-order valence-corrected chi connectivity index (χ1v) is 14.1. The summed E-state index contributed by atoms with van der Waals surface area (Å²) < 4.78 is 2.62. The first-order chi connectivity index (χ1) is 18.5. The van der Waals surface area contributed by atoms with E-state index in [2.05, 4.69) is 15.6 Å². The second-order valence-corrected chi connectivity index (χ2v) is 11.3. The van der Waals surface area contributed by atoms with Crippen LogP contribution in [0.2, 0.25) is 0 Å². The van der Waals surface area contributed by atoms with Gasteiger partial charge >= 0.3 is 0 Å². The van der Waals surface area contributed by atoms with Gasteiger partial charge in [0, 0.05) is 23.7 Å². The van der Waals surface area contributed by atoms with Gasteiger partial charge in [0.15, 0.2) is 10.8 Å². The number of pyridine rings is 1. The number of carbonyl (C=O) groups is 2. The number of carbonyl (C=O) groups excluding carboxylic acids is 2. The molecule has 2 amide bonds. The zero-order valence-corrected chi connectivity index (χ0v) is 22.0. The van der Waals surface area contributed by atoms with Gasteiger partial charge in [0.2, 0.25) is 0 Å². The van der Waals surface area contributed by atoms with Gasteiger partial charge in [-0.15, -0.1) is 0 Å². The van der Waals surface area contributed by atoms with Crippen LogP contribution in [0, 0.1) is 5.92 Å². The molecule has 11 heteroatoms. The third kappa shape index (κ3) is 4.87. The Hall–Kier alpha value is -3.80. The first-order valence-electron chi connectivity index (χ1n) is 12.4. The monoisotopic (exact) mass is 546 g/mol. The van der Waals surface area contributed by atoms with Gasteiger partial charge in [-0.2, -0.15) is 11.3 Å². The molecule has 4 heterocycles. The van der Waals surface area contributed by atoms with Crippen molar-refractivity contribution < 1.29 is 14.7 Å². The minimum absolute atomic E-state index is 0.125. The molecule has 1 aliphatic rings. The van der Waals surface area contributed by atoms with Crippen LogP contribution in [0.25, 0.3) is 27.1 Å². The van der Waals surface area contributed by atoms with Gasteiger partial charge < -0.3 is 21.5 Å². The number of thiazole rings is 1. The average molecular weight is 547 g/mol. The van der Waals surface area contributed by atoms with Crippen molar-refractivity contribution in [2.45, 2.75) is 31.8 Å². The van der Waals surface area contributed by atoms with Crippen LogP contribution in [-0.4, -0.2) is 43.9 Å². The van der Waals surface area contributed by atoms with Crippen molar-refractivity contribution in [2.24, 2.45) is 5.92 Å². The van der Waals surface area contributed by atoms with Gasteiger partial charge in [-0.25, -0.2) is 9.97 Å². The Morgan fingerprint density at radius 2 is 2.05 bits per heavy atom. The van der Waals surface area contributed by atoms with E-state index < -0.39 is 0 Å². The number of nitrogens with one attached hydrogen (secondary N) is 2. The van der Waals surface area contributed by atoms with E-state index in [-0.39, 0.29) is 24.5 Å². The van der Waals surface area contributed by atoms with Gasteiger partial charge in [0.25, 0.3) is 11.8 Å². The molecular weight excluding hydrogens is 520 g/mol. The van der Waals surface area contributed by atoms with Crippen LogP contribution in [-0.2, 0) is 6.54 Å². The van der Waals surface area contributed by atoms with Crippen LogP contribution in [0.15, 0.2) is 53.4 Å². The van der Waals surface area contributed by atoms with E-state index in [4.69, 9.17) is 10.7 Å². The summed E-state index contributed by atoms with van der Waals surface area (Å²) in [7, 11) is 0. The molecule has 0 radical (unpaired) electrons. The van der Waals surface area contributed by atoms with Crippen molar-refractivity contribution in [1.29, 1.82) is 0 Å². The SMILES string of the molecule is Nc1nc2ccc(CNC(=O)c3cccn4c(C(=O)N[C@@H](CO)CC5CC5)c(-c5ccsc5)nc34)cc2s1. The second-order valence-electron chi connectivity index (χ2n) is 9.51. The number of aromatic nitrogens is 3. The molecule has 0 bridgehead atoms. The maximum Gasteiger partial charge on any atom is 0.270 e. The molecule has 1 saturated carbocycles. The number of hydrogen-bond donors (Lipinski definition) is 4. The molecule has 1 aromatic carbocycles. The predicted octanol–water partition coefficient (Wildman–Crippen LogP) is 4.08. The number of imidazole rings is 1. The number of nitrogens with two attached hydrogens (primary N) is 1. The van der Waals surface area contributed by atoms with E-state index >= 15 is 0 Å². The van der Waals surface area contributed by atoms with E-state index in [0.29, 0.717) is 40.2 Å². The number of fused-ring (bicyclic) bond motifs is 2. The highest BCUT2D eigenvalue weighted by Crippen LogP contribution is 2.34. The number of aliphatic hydroxyl groups excluding tert-OH is 1. The Morgan fingerprint density at radius 3 is 2.82 bits per heavy atom. The van der Waals surface area contributed by atoms with Crippen LogP contribution in [0.4, 0.5) is 5.13 Å². The van der Waals surface area contributed by atoms with Gasteiger partial charge in [-0.05, 0) is 53.6 Å². The van der Waals surface area contributed by atoms with E-state index in [1.165, 1.54) is 22.7 Å². The number of hydrogen-bond acceptors (Lipinski definition) is 8. The van der Waals surface area contributed by atoms with E-state index in [0.717, 1.165) is 40.6 Å². The van der Waals surface area contributed by atoms with Crippen LogP contribution < -0.4 is 16.4 Å². The molecule has 9 nitrogen and oxygen atoms in total. The Kier molecular flexibility index (Phi) is 6.56. The number of nitrogens with zero attached hydrogens (tertiary/aromatic N) is 3. The maximum atomic E-state index is 13.5. The van der Waals surface area contributed by atoms with Crippen molar-refractivity contribution in [2.75, 3.05) is 12.3 Å². The predicted molar refractivity (Wildman–Crippen MR) is 149 cm³/mol. The number of benzene rings is 1. The number of nitrogen functional groups attached to an aromatic ring is 1. The molecule has 1 fully saturated rings. The van der Waals surface area contributed by atoms with E-state index in [1.54, 1.807) is 22.7 Å². The number of aliphatic hydroxyl groups is 1. The Labute approximate surface area is 226 Å². The number of anilines is 1. The first kappa shape index (κ1) is 24.5. The molecule has 0 spiro atoms. The van der Waals surface area contributed by atoms with E-state index in [1.807, 2.05) is 35.0 Å². The lowest BCUT2D eigenvalue weighted by molar-refractivity contribution is 0.0903. The fourth-order valence-corrected chi connectivity index (χ4v) is 6.06. The van der Waals surface area contributed by atoms with Gasteiger partial charge in [-0.3, -0.25) is 14.0 Å². The molecule has 38 heavy (non-hydrogen) atoms. The van der Waals surface area contributed by atoms with Crippen molar-refractivity contribution in [1.82, 2.24) is 25.0 Å². The smallest absolute Gasteiger partial charge is 0.270 e. The molecule has 1 atom stereocenters. The molecule has 5 aromatic rings. The average Bonchev–Trinajstić information content (AvgIpc) is 3.29. The number of amides is 2. The van der Waals surface area contributed by atoms with Crippen molar-refractivity contribution >= 4 is 55.5 Å². The highest BCUT2D eigenvalue weighted by Gasteiger charge is 2.29. The Balaban J connectivity index is 1.30. The summed E-state index contributed by atoms with van der Waals surface area (Å²) in [6.07, 6.45) is 4.75. The summed E-state index contributed by atoms with van der Waals surface area (Å²) in [4.78, 5) is 35.9. The zero-order valence-electron chi connectivity index (χ0n) is 20.4. The molecule has 1 aliphatic carbocycles. The van der Waals surface area contributed by atoms with Gasteiger partial charge in [0.1, 0.15) is 11.4 Å². The minimum Gasteiger partial charge on any atom is -0.394 e. The van der Waals surface area contributed by atoms with Crippen molar-refractivity contribution in [3.8, 4) is 11.3 Å². The third-order valence-corrected chi connectivity index (χ3v) is 8.23. The third-order valence-electron chi connectivity index (χ3n) is 6.70. The molecule has 4 aromatic heterocycles. The summed E-state index contributed by atoms with van der Waals surface area (Å²) in [6, 6.07) is 10.8. The number of rotatable bonds is 9. The molecule has 0 unspecified atom stereocenters. The second kappa shape index (κ2) is 10.2. The fraction of sp³-hybridized carbons (Fsp3) is 0.259. The molecule has 0 aliphatic heterocycles. The highest BCUT2D eigenvalue weighted by molar-refractivity contribution is 7.22. The standard InChI is InChI=1S/C27H26N6O3S2/c28-27-31-20-6-5-16(11-21(20)38-27)12-29-25(35)19-2-1-8-33-23(22(32-24(19)33)17-7-9-37-14-17)26(36)30-18(13-34)10-15-3-4-15/h1-2,5-9,11,14-15,18,34H,3-4,10,12-13H2,(H2,28,31)(H,29,35)(H,30,36)/t18-/m1/s1. The topological polar surface area (TPSA) is 135 Å². The summed E-state index contributed by atoms with van der Waals surface area (Å²) in [5, 5.41) is 20.2. The zero-order chi connectivity index (χ0) is 26.2. The lowest BCUT2D eigenvalue weighted by Crippen LogP contribution is -2.38. The lowest BCUT2D eigenvalue weighted by atomic mass is 10.1. The van der Waals surface area contributed by atoms with Crippen LogP contribution in [0.5, 0.6) is 0 Å². The molecule has 0 saturated heterocycles. The highest BCUT2D eigenvalue weighted by atomic mass is 32.1. The van der Waals surface area contributed by atoms with Crippen molar-refractivity contribution in [3.05, 3.63) is 70.2 Å². The maximum absolute atomic E-state index is 13.5. The fourth-order valence-electron chi connectivity index (χ4n) is 4.63. The number of thiophene rings is 1. The van der Waals surface area contributed by atoms with Crippen LogP contribution in [0.1, 0.15) is 45.7 Å². The summed E-state index contributed by atoms with van der Waals surface area (Å²) in [5.41, 5.74) is 9.97. The van der Waals surface area contributed by atoms with Gasteiger partial charge in [0.05, 0.1) is 28.4 Å². The largest absolute Gasteiger partial charge is 0.394 e. The van der Waals surface area contributed by atoms with Crippen LogP contribution in [0.3, 0.4) is 0 Å². The minimum atomic E-state index is -0.326. The molecule has 194 valence electrons. The molecule has 6 rings (SSSR count). The quantitative estimate of drug-likeness (QED) is 0.220. The van der Waals surface area contributed by atoms with Crippen molar-refractivity contribution in [3.63, 3.8) is 0 Å². The van der Waals surface area contributed by atoms with Crippen LogP contribution >= 0.6 is 22.7 Å². The normalized spacial score (nSPS) is 14.1.